The fourth-order valence-electron chi connectivity index (χ4n) is 4.45. The summed E-state index contributed by atoms with van der Waals surface area (Å²) in [7, 11) is 0. The summed E-state index contributed by atoms with van der Waals surface area (Å²) < 4.78 is 11.5. The molecule has 186 valence electrons. The molecule has 1 aromatic heterocycles. The molecule has 2 heterocycles. The molecule has 0 amide bonds. The smallest absolute Gasteiger partial charge is 0.119 e. The fraction of sp³-hybridized carbons (Fsp3) is 0.367. The molecule has 3 aromatic rings. The van der Waals surface area contributed by atoms with Gasteiger partial charge in [-0.3, -0.25) is 4.90 Å². The molecule has 1 N–H and O–H groups in total. The average molecular weight is 503 g/mol. The van der Waals surface area contributed by atoms with Gasteiger partial charge in [0.25, 0.3) is 0 Å². The normalized spacial score (nSPS) is 16.9. The molecule has 2 aromatic carbocycles. The molecule has 5 rings (SSSR count). The minimum Gasteiger partial charge on any atom is -0.492 e. The molecule has 0 radical (unpaired) electrons. The van der Waals surface area contributed by atoms with Gasteiger partial charge in [-0.05, 0) is 79.6 Å². The Morgan fingerprint density at radius 1 is 0.972 bits per heavy atom. The van der Waals surface area contributed by atoms with Crippen molar-refractivity contribution in [2.45, 2.75) is 37.3 Å². The standard InChI is InChI=1S/C30H31ClN2O3/c31-26-7-4-24(5-8-26)25-6-10-27(32-21-25)9-1-23-2-11-29(12-3-23)36-20-17-33(22-30(34)15-16-30)28-13-18-35-19-14-28/h2-8,10-12,21,28,34H,13-20,22H2. The maximum absolute atomic E-state index is 10.4. The number of nitrogens with zero attached hydrogens (tertiary/aromatic N) is 2. The molecule has 1 saturated carbocycles. The maximum Gasteiger partial charge on any atom is 0.119 e. The number of benzene rings is 2. The van der Waals surface area contributed by atoms with Crippen molar-refractivity contribution in [2.24, 2.45) is 0 Å². The second-order valence-corrected chi connectivity index (χ2v) is 10.0. The SMILES string of the molecule is OC1(CN(CCOc2ccc(C#Cc3ccc(-c4ccc(Cl)cc4)cn3)cc2)C2CCOCC2)CC1. The van der Waals surface area contributed by atoms with Gasteiger partial charge in [0.2, 0.25) is 0 Å². The van der Waals surface area contributed by atoms with Gasteiger partial charge >= 0.3 is 0 Å². The second-order valence-electron chi connectivity index (χ2n) is 9.60. The minimum atomic E-state index is -0.496. The lowest BCUT2D eigenvalue weighted by molar-refractivity contribution is 0.00375. The van der Waals surface area contributed by atoms with Crippen LogP contribution in [0.5, 0.6) is 5.75 Å². The van der Waals surface area contributed by atoms with E-state index in [1.54, 1.807) is 0 Å². The van der Waals surface area contributed by atoms with Gasteiger partial charge in [0.1, 0.15) is 18.1 Å². The van der Waals surface area contributed by atoms with Crippen molar-refractivity contribution in [2.75, 3.05) is 32.9 Å². The Bertz CT molecular complexity index is 1190. The number of hydrogen-bond acceptors (Lipinski definition) is 5. The van der Waals surface area contributed by atoms with E-state index in [1.807, 2.05) is 66.9 Å². The number of halogens is 1. The van der Waals surface area contributed by atoms with E-state index >= 15 is 0 Å². The second kappa shape index (κ2) is 11.5. The zero-order valence-corrected chi connectivity index (χ0v) is 21.1. The van der Waals surface area contributed by atoms with Gasteiger partial charge in [-0.25, -0.2) is 4.98 Å². The van der Waals surface area contributed by atoms with E-state index in [1.165, 1.54) is 0 Å². The lowest BCUT2D eigenvalue weighted by Gasteiger charge is -2.35. The third-order valence-corrected chi connectivity index (χ3v) is 7.06. The van der Waals surface area contributed by atoms with E-state index in [0.717, 1.165) is 85.1 Å². The fourth-order valence-corrected chi connectivity index (χ4v) is 4.58. The van der Waals surface area contributed by atoms with Crippen molar-refractivity contribution in [3.8, 4) is 28.7 Å². The summed E-state index contributed by atoms with van der Waals surface area (Å²) in [5, 5.41) is 11.2. The van der Waals surface area contributed by atoms with Crippen LogP contribution in [0, 0.1) is 11.8 Å². The number of ether oxygens (including phenoxy) is 2. The molecule has 0 spiro atoms. The van der Waals surface area contributed by atoms with Crippen LogP contribution in [0.4, 0.5) is 0 Å². The molecule has 0 bridgehead atoms. The highest BCUT2D eigenvalue weighted by Gasteiger charge is 2.43. The summed E-state index contributed by atoms with van der Waals surface area (Å²) in [5.41, 5.74) is 3.23. The number of hydrogen-bond donors (Lipinski definition) is 1. The lowest BCUT2D eigenvalue weighted by atomic mass is 10.1. The summed E-state index contributed by atoms with van der Waals surface area (Å²) in [6.07, 6.45) is 5.66. The van der Waals surface area contributed by atoms with E-state index in [0.29, 0.717) is 12.6 Å². The van der Waals surface area contributed by atoms with Crippen molar-refractivity contribution in [1.82, 2.24) is 9.88 Å². The van der Waals surface area contributed by atoms with Crippen LogP contribution in [0.15, 0.2) is 66.9 Å². The summed E-state index contributed by atoms with van der Waals surface area (Å²) in [6.45, 7) is 3.70. The van der Waals surface area contributed by atoms with Crippen LogP contribution >= 0.6 is 11.6 Å². The van der Waals surface area contributed by atoms with Gasteiger partial charge in [-0.15, -0.1) is 0 Å². The Morgan fingerprint density at radius 3 is 2.36 bits per heavy atom. The highest BCUT2D eigenvalue weighted by molar-refractivity contribution is 6.30. The number of aliphatic hydroxyl groups is 1. The Morgan fingerprint density at radius 2 is 1.69 bits per heavy atom. The van der Waals surface area contributed by atoms with E-state index in [2.05, 4.69) is 21.7 Å². The highest BCUT2D eigenvalue weighted by atomic mass is 35.5. The van der Waals surface area contributed by atoms with Gasteiger partial charge < -0.3 is 14.6 Å². The predicted molar refractivity (Wildman–Crippen MR) is 142 cm³/mol. The van der Waals surface area contributed by atoms with E-state index in [4.69, 9.17) is 21.1 Å². The lowest BCUT2D eigenvalue weighted by Crippen LogP contribution is -2.46. The van der Waals surface area contributed by atoms with Crippen LogP contribution in [0.3, 0.4) is 0 Å². The first-order valence-electron chi connectivity index (χ1n) is 12.6. The topological polar surface area (TPSA) is 54.8 Å². The number of pyridine rings is 1. The van der Waals surface area contributed by atoms with Crippen LogP contribution in [-0.2, 0) is 4.74 Å². The predicted octanol–water partition coefficient (Wildman–Crippen LogP) is 5.19. The van der Waals surface area contributed by atoms with E-state index in [9.17, 15) is 5.11 Å². The molecular weight excluding hydrogens is 472 g/mol. The molecular formula is C30H31ClN2O3. The molecule has 2 fully saturated rings. The molecule has 1 aliphatic carbocycles. The molecule has 6 heteroatoms. The average Bonchev–Trinajstić information content (AvgIpc) is 3.65. The van der Waals surface area contributed by atoms with Crippen molar-refractivity contribution >= 4 is 11.6 Å². The highest BCUT2D eigenvalue weighted by Crippen LogP contribution is 2.36. The van der Waals surface area contributed by atoms with Crippen LogP contribution in [0.25, 0.3) is 11.1 Å². The van der Waals surface area contributed by atoms with E-state index < -0.39 is 5.60 Å². The van der Waals surface area contributed by atoms with Crippen LogP contribution in [-0.4, -0.2) is 59.5 Å². The molecule has 0 unspecified atom stereocenters. The van der Waals surface area contributed by atoms with Gasteiger partial charge in [0, 0.05) is 54.7 Å². The van der Waals surface area contributed by atoms with Crippen LogP contribution < -0.4 is 4.74 Å². The molecule has 0 atom stereocenters. The quantitative estimate of drug-likeness (QED) is 0.430. The third kappa shape index (κ3) is 6.87. The molecule has 5 nitrogen and oxygen atoms in total. The van der Waals surface area contributed by atoms with Crippen molar-refractivity contribution in [3.05, 3.63) is 83.1 Å². The number of rotatable bonds is 8. The van der Waals surface area contributed by atoms with Crippen molar-refractivity contribution in [1.29, 1.82) is 0 Å². The number of aromatic nitrogens is 1. The zero-order chi connectivity index (χ0) is 24.8. The minimum absolute atomic E-state index is 0.457. The molecule has 36 heavy (non-hydrogen) atoms. The summed E-state index contributed by atoms with van der Waals surface area (Å²) in [4.78, 5) is 6.86. The first-order valence-corrected chi connectivity index (χ1v) is 13.0. The largest absolute Gasteiger partial charge is 0.492 e. The first-order chi connectivity index (χ1) is 17.6. The van der Waals surface area contributed by atoms with Crippen LogP contribution in [0.2, 0.25) is 5.02 Å². The Hall–Kier alpha value is -2.88. The van der Waals surface area contributed by atoms with Gasteiger partial charge in [0.05, 0.1) is 5.60 Å². The Kier molecular flexibility index (Phi) is 7.89. The molecule has 2 aliphatic rings. The third-order valence-electron chi connectivity index (χ3n) is 6.81. The monoisotopic (exact) mass is 502 g/mol. The van der Waals surface area contributed by atoms with Gasteiger partial charge in [-0.2, -0.15) is 0 Å². The van der Waals surface area contributed by atoms with Crippen molar-refractivity contribution in [3.63, 3.8) is 0 Å². The molecule has 1 saturated heterocycles. The Balaban J connectivity index is 1.13. The van der Waals surface area contributed by atoms with E-state index in [-0.39, 0.29) is 0 Å². The Labute approximate surface area is 218 Å². The summed E-state index contributed by atoms with van der Waals surface area (Å²) >= 11 is 5.97. The summed E-state index contributed by atoms with van der Waals surface area (Å²) in [6, 6.07) is 19.9. The van der Waals surface area contributed by atoms with Gasteiger partial charge in [0.15, 0.2) is 0 Å². The zero-order valence-electron chi connectivity index (χ0n) is 20.3. The maximum atomic E-state index is 10.4. The molecule has 1 aliphatic heterocycles. The van der Waals surface area contributed by atoms with Gasteiger partial charge in [-0.1, -0.05) is 35.7 Å². The first kappa shape index (κ1) is 24.8. The summed E-state index contributed by atoms with van der Waals surface area (Å²) in [5.74, 6) is 7.12. The van der Waals surface area contributed by atoms with Crippen molar-refractivity contribution < 1.29 is 14.6 Å². The van der Waals surface area contributed by atoms with Crippen LogP contribution in [0.1, 0.15) is 36.9 Å².